The molecule has 1 rings (SSSR count). The van der Waals surface area contributed by atoms with E-state index in [-0.39, 0.29) is 30.7 Å². The topological polar surface area (TPSA) is 68.0 Å². The zero-order valence-electron chi connectivity index (χ0n) is 9.57. The van der Waals surface area contributed by atoms with Gasteiger partial charge in [0.15, 0.2) is 0 Å². The van der Waals surface area contributed by atoms with Crippen molar-refractivity contribution in [3.8, 4) is 0 Å². The van der Waals surface area contributed by atoms with Gasteiger partial charge in [-0.3, -0.25) is 9.78 Å². The van der Waals surface area contributed by atoms with Gasteiger partial charge in [-0.25, -0.2) is 0 Å². The molecule has 7 heteroatoms. The fourth-order valence-electron chi connectivity index (χ4n) is 0.946. The van der Waals surface area contributed by atoms with Gasteiger partial charge < -0.3 is 11.1 Å². The summed E-state index contributed by atoms with van der Waals surface area (Å²) in [6.07, 6.45) is 3.15. The van der Waals surface area contributed by atoms with Crippen LogP contribution >= 0.6 is 40.7 Å². The minimum absolute atomic E-state index is 0. The van der Waals surface area contributed by atoms with E-state index in [2.05, 4.69) is 26.2 Å². The molecule has 0 aliphatic rings. The summed E-state index contributed by atoms with van der Waals surface area (Å²) in [5, 5.41) is 2.74. The van der Waals surface area contributed by atoms with Gasteiger partial charge in [0, 0.05) is 29.0 Å². The summed E-state index contributed by atoms with van der Waals surface area (Å²) in [6.45, 7) is 4.14. The molecule has 0 aliphatic heterocycles. The molecule has 0 aliphatic carbocycles. The number of carbonyl (C=O) groups excluding carboxylic acids is 1. The molecule has 3 N–H and O–H groups in total. The van der Waals surface area contributed by atoms with Crippen LogP contribution in [-0.2, 0) is 0 Å². The van der Waals surface area contributed by atoms with E-state index in [1.54, 1.807) is 12.3 Å². The van der Waals surface area contributed by atoms with Gasteiger partial charge in [-0.05, 0) is 35.8 Å². The van der Waals surface area contributed by atoms with Crippen molar-refractivity contribution in [2.24, 2.45) is 5.73 Å². The molecule has 0 saturated carbocycles. The summed E-state index contributed by atoms with van der Waals surface area (Å²) < 4.78 is 0.780. The number of carbonyl (C=O) groups is 1. The zero-order valence-corrected chi connectivity index (χ0v) is 12.8. The quantitative estimate of drug-likeness (QED) is 0.882. The van der Waals surface area contributed by atoms with Crippen LogP contribution in [0.15, 0.2) is 22.9 Å². The van der Waals surface area contributed by atoms with Crippen LogP contribution < -0.4 is 11.1 Å². The smallest absolute Gasteiger partial charge is 0.252 e. The number of hydrogen-bond donors (Lipinski definition) is 2. The molecule has 4 nitrogen and oxygen atoms in total. The van der Waals surface area contributed by atoms with Crippen molar-refractivity contribution in [1.29, 1.82) is 0 Å². The van der Waals surface area contributed by atoms with Crippen molar-refractivity contribution in [2.75, 3.05) is 6.54 Å². The fourth-order valence-corrected chi connectivity index (χ4v) is 1.31. The maximum absolute atomic E-state index is 11.6. The van der Waals surface area contributed by atoms with Crippen molar-refractivity contribution in [2.45, 2.75) is 19.4 Å². The lowest BCUT2D eigenvalue weighted by Crippen LogP contribution is -2.45. The van der Waals surface area contributed by atoms with Crippen molar-refractivity contribution < 1.29 is 4.79 Å². The van der Waals surface area contributed by atoms with Crippen LogP contribution in [0.25, 0.3) is 0 Å². The lowest BCUT2D eigenvalue weighted by Gasteiger charge is -2.18. The van der Waals surface area contributed by atoms with Crippen LogP contribution in [0.4, 0.5) is 0 Å². The van der Waals surface area contributed by atoms with Gasteiger partial charge in [0.25, 0.3) is 5.91 Å². The molecule has 1 aromatic heterocycles. The maximum atomic E-state index is 11.6. The van der Waals surface area contributed by atoms with Gasteiger partial charge in [0.05, 0.1) is 5.56 Å². The number of nitrogens with one attached hydrogen (secondary N) is 1. The third-order valence-corrected chi connectivity index (χ3v) is 2.11. The average Bonchev–Trinajstić information content (AvgIpc) is 2.13. The first-order valence-corrected chi connectivity index (χ1v) is 5.35. The predicted octanol–water partition coefficient (Wildman–Crippen LogP) is 2.15. The Kier molecular flexibility index (Phi) is 8.79. The number of nitrogens with two attached hydrogens (primary N) is 1. The number of halogens is 3. The predicted molar refractivity (Wildman–Crippen MR) is 77.0 cm³/mol. The first-order valence-electron chi connectivity index (χ1n) is 4.56. The molecule has 98 valence electrons. The van der Waals surface area contributed by atoms with Crippen LogP contribution in [0, 0.1) is 0 Å². The fraction of sp³-hybridized carbons (Fsp3) is 0.400. The summed E-state index contributed by atoms with van der Waals surface area (Å²) in [5.74, 6) is -0.165. The molecule has 0 spiro atoms. The second-order valence-corrected chi connectivity index (χ2v) is 4.98. The molecule has 0 bridgehead atoms. The highest BCUT2D eigenvalue weighted by Crippen LogP contribution is 2.09. The normalized spacial score (nSPS) is 9.88. The monoisotopic (exact) mass is 343 g/mol. The van der Waals surface area contributed by atoms with Crippen molar-refractivity contribution in [3.63, 3.8) is 0 Å². The SMILES string of the molecule is CC(C)(N)CNC(=O)c1cncc(Br)c1.Cl.Cl. The van der Waals surface area contributed by atoms with Crippen molar-refractivity contribution in [1.82, 2.24) is 10.3 Å². The Morgan fingerprint density at radius 1 is 1.47 bits per heavy atom. The van der Waals surface area contributed by atoms with E-state index < -0.39 is 5.54 Å². The second kappa shape index (κ2) is 7.87. The average molecular weight is 345 g/mol. The zero-order chi connectivity index (χ0) is 11.5. The van der Waals surface area contributed by atoms with Gasteiger partial charge in [-0.15, -0.1) is 24.8 Å². The summed E-state index contributed by atoms with van der Waals surface area (Å²) in [7, 11) is 0. The minimum Gasteiger partial charge on any atom is -0.350 e. The van der Waals surface area contributed by atoms with Gasteiger partial charge in [-0.1, -0.05) is 0 Å². The van der Waals surface area contributed by atoms with Gasteiger partial charge >= 0.3 is 0 Å². The Bertz CT molecular complexity index is 369. The van der Waals surface area contributed by atoms with E-state index in [0.29, 0.717) is 12.1 Å². The summed E-state index contributed by atoms with van der Waals surface area (Å²) in [5.41, 5.74) is 5.87. The number of hydrogen-bond acceptors (Lipinski definition) is 3. The molecule has 0 aromatic carbocycles. The van der Waals surface area contributed by atoms with E-state index >= 15 is 0 Å². The molecular formula is C10H16BrCl2N3O. The highest BCUT2D eigenvalue weighted by atomic mass is 79.9. The van der Waals surface area contributed by atoms with E-state index in [9.17, 15) is 4.79 Å². The highest BCUT2D eigenvalue weighted by Gasteiger charge is 2.13. The molecular weight excluding hydrogens is 329 g/mol. The summed E-state index contributed by atoms with van der Waals surface area (Å²) in [4.78, 5) is 15.5. The van der Waals surface area contributed by atoms with E-state index in [1.807, 2.05) is 13.8 Å². The van der Waals surface area contributed by atoms with Crippen LogP contribution in [0.2, 0.25) is 0 Å². The van der Waals surface area contributed by atoms with Crippen molar-refractivity contribution in [3.05, 3.63) is 28.5 Å². The number of pyridine rings is 1. The molecule has 0 radical (unpaired) electrons. The number of rotatable bonds is 3. The molecule has 1 heterocycles. The van der Waals surface area contributed by atoms with Gasteiger partial charge in [0.1, 0.15) is 0 Å². The van der Waals surface area contributed by atoms with Crippen LogP contribution in [-0.4, -0.2) is 23.0 Å². The van der Waals surface area contributed by atoms with Gasteiger partial charge in [0.2, 0.25) is 0 Å². The Morgan fingerprint density at radius 3 is 2.53 bits per heavy atom. The standard InChI is InChI=1S/C10H14BrN3O.2ClH/c1-10(2,12)6-14-9(15)7-3-8(11)5-13-4-7;;/h3-5H,6,12H2,1-2H3,(H,14,15);2*1H. The Labute approximate surface area is 122 Å². The molecule has 0 atom stereocenters. The highest BCUT2D eigenvalue weighted by molar-refractivity contribution is 9.10. The lowest BCUT2D eigenvalue weighted by atomic mass is 10.1. The van der Waals surface area contributed by atoms with Gasteiger partial charge in [-0.2, -0.15) is 0 Å². The maximum Gasteiger partial charge on any atom is 0.252 e. The number of amides is 1. The molecule has 17 heavy (non-hydrogen) atoms. The van der Waals surface area contributed by atoms with E-state index in [0.717, 1.165) is 4.47 Å². The second-order valence-electron chi connectivity index (χ2n) is 4.06. The van der Waals surface area contributed by atoms with Crippen LogP contribution in [0.3, 0.4) is 0 Å². The van der Waals surface area contributed by atoms with Crippen LogP contribution in [0.5, 0.6) is 0 Å². The van der Waals surface area contributed by atoms with Crippen LogP contribution in [0.1, 0.15) is 24.2 Å². The molecule has 0 fully saturated rings. The third kappa shape index (κ3) is 7.54. The van der Waals surface area contributed by atoms with Crippen molar-refractivity contribution >= 4 is 46.7 Å². The third-order valence-electron chi connectivity index (χ3n) is 1.67. The molecule has 0 unspecified atom stereocenters. The first-order chi connectivity index (χ1) is 6.88. The molecule has 1 amide bonds. The number of nitrogens with zero attached hydrogens (tertiary/aromatic N) is 1. The number of aromatic nitrogens is 1. The minimum atomic E-state index is -0.408. The Balaban J connectivity index is 0. The van der Waals surface area contributed by atoms with E-state index in [4.69, 9.17) is 5.73 Å². The summed E-state index contributed by atoms with van der Waals surface area (Å²) >= 11 is 3.25. The lowest BCUT2D eigenvalue weighted by molar-refractivity contribution is 0.0945. The Hall–Kier alpha value is -0.360. The molecule has 0 saturated heterocycles. The first kappa shape index (κ1) is 19.0. The Morgan fingerprint density at radius 2 is 2.06 bits per heavy atom. The summed E-state index contributed by atoms with van der Waals surface area (Å²) in [6, 6.07) is 1.71. The largest absolute Gasteiger partial charge is 0.350 e. The molecule has 1 aromatic rings. The van der Waals surface area contributed by atoms with E-state index in [1.165, 1.54) is 6.20 Å².